The highest BCUT2D eigenvalue weighted by Gasteiger charge is 2.29. The van der Waals surface area contributed by atoms with Gasteiger partial charge < -0.3 is 5.32 Å². The van der Waals surface area contributed by atoms with E-state index < -0.39 is 22.0 Å². The summed E-state index contributed by atoms with van der Waals surface area (Å²) in [7, 11) is -3.73. The van der Waals surface area contributed by atoms with Crippen molar-refractivity contribution in [3.8, 4) is 0 Å². The van der Waals surface area contributed by atoms with E-state index in [0.717, 1.165) is 16.1 Å². The SMILES string of the molecule is Cc1ccc(N(C(C)C(=O)Nc2ccccc2C(=O)c2ccccc2)S(C)(=O)=O)cc1. The number of amides is 1. The Morgan fingerprint density at radius 2 is 1.45 bits per heavy atom. The van der Waals surface area contributed by atoms with Crippen LogP contribution in [0, 0.1) is 6.92 Å². The number of carbonyl (C=O) groups is 2. The largest absolute Gasteiger partial charge is 0.324 e. The molecule has 7 heteroatoms. The number of rotatable bonds is 7. The molecule has 3 aromatic rings. The lowest BCUT2D eigenvalue weighted by Gasteiger charge is -2.28. The van der Waals surface area contributed by atoms with Crippen molar-refractivity contribution in [1.29, 1.82) is 0 Å². The molecule has 1 amide bonds. The van der Waals surface area contributed by atoms with Gasteiger partial charge in [-0.15, -0.1) is 0 Å². The van der Waals surface area contributed by atoms with Crippen molar-refractivity contribution in [2.45, 2.75) is 19.9 Å². The third-order valence-electron chi connectivity index (χ3n) is 4.84. The first-order valence-electron chi connectivity index (χ1n) is 9.74. The second-order valence-electron chi connectivity index (χ2n) is 7.30. The minimum absolute atomic E-state index is 0.234. The molecule has 0 spiro atoms. The second-order valence-corrected chi connectivity index (χ2v) is 9.16. The molecule has 0 heterocycles. The molecule has 0 fully saturated rings. The molecule has 0 saturated heterocycles. The summed E-state index contributed by atoms with van der Waals surface area (Å²) in [6.07, 6.45) is 1.06. The number of hydrogen-bond acceptors (Lipinski definition) is 4. The Balaban J connectivity index is 1.90. The summed E-state index contributed by atoms with van der Waals surface area (Å²) in [6.45, 7) is 3.41. The molecule has 31 heavy (non-hydrogen) atoms. The Morgan fingerprint density at radius 3 is 2.06 bits per heavy atom. The predicted molar refractivity (Wildman–Crippen MR) is 123 cm³/mol. The number of benzene rings is 3. The molecule has 0 bridgehead atoms. The van der Waals surface area contributed by atoms with Gasteiger partial charge in [0.15, 0.2) is 5.78 Å². The van der Waals surface area contributed by atoms with Crippen molar-refractivity contribution >= 4 is 33.1 Å². The maximum absolute atomic E-state index is 13.0. The van der Waals surface area contributed by atoms with E-state index in [4.69, 9.17) is 0 Å². The van der Waals surface area contributed by atoms with Gasteiger partial charge >= 0.3 is 0 Å². The van der Waals surface area contributed by atoms with Crippen molar-refractivity contribution in [1.82, 2.24) is 0 Å². The zero-order valence-electron chi connectivity index (χ0n) is 17.6. The van der Waals surface area contributed by atoms with Crippen LogP contribution >= 0.6 is 0 Å². The quantitative estimate of drug-likeness (QED) is 0.567. The number of nitrogens with zero attached hydrogens (tertiary/aromatic N) is 1. The average molecular weight is 437 g/mol. The van der Waals surface area contributed by atoms with Crippen molar-refractivity contribution < 1.29 is 18.0 Å². The van der Waals surface area contributed by atoms with E-state index >= 15 is 0 Å². The zero-order valence-corrected chi connectivity index (χ0v) is 18.4. The lowest BCUT2D eigenvalue weighted by atomic mass is 10.0. The fourth-order valence-electron chi connectivity index (χ4n) is 3.27. The highest BCUT2D eigenvalue weighted by atomic mass is 32.2. The number of nitrogens with one attached hydrogen (secondary N) is 1. The van der Waals surface area contributed by atoms with Gasteiger partial charge in [-0.1, -0.05) is 60.2 Å². The molecule has 1 N–H and O–H groups in total. The topological polar surface area (TPSA) is 83.6 Å². The normalized spacial score (nSPS) is 12.1. The van der Waals surface area contributed by atoms with Crippen LogP contribution in [-0.4, -0.2) is 32.4 Å². The minimum atomic E-state index is -3.73. The van der Waals surface area contributed by atoms with Crippen LogP contribution in [0.15, 0.2) is 78.9 Å². The fourth-order valence-corrected chi connectivity index (χ4v) is 4.45. The zero-order chi connectivity index (χ0) is 22.6. The average Bonchev–Trinajstić information content (AvgIpc) is 2.75. The Labute approximate surface area is 182 Å². The van der Waals surface area contributed by atoms with Crippen molar-refractivity contribution in [3.05, 3.63) is 95.6 Å². The summed E-state index contributed by atoms with van der Waals surface area (Å²) < 4.78 is 26.0. The first-order chi connectivity index (χ1) is 14.7. The highest BCUT2D eigenvalue weighted by Crippen LogP contribution is 2.24. The number of anilines is 2. The smallest absolute Gasteiger partial charge is 0.248 e. The lowest BCUT2D eigenvalue weighted by Crippen LogP contribution is -2.45. The van der Waals surface area contributed by atoms with Crippen LogP contribution in [0.5, 0.6) is 0 Å². The van der Waals surface area contributed by atoms with Gasteiger partial charge in [0, 0.05) is 11.1 Å². The summed E-state index contributed by atoms with van der Waals surface area (Å²) >= 11 is 0. The van der Waals surface area contributed by atoms with E-state index in [1.165, 1.54) is 6.92 Å². The van der Waals surface area contributed by atoms with E-state index in [0.29, 0.717) is 22.5 Å². The second kappa shape index (κ2) is 9.14. The number of sulfonamides is 1. The first-order valence-corrected chi connectivity index (χ1v) is 11.6. The van der Waals surface area contributed by atoms with Crippen LogP contribution in [0.2, 0.25) is 0 Å². The lowest BCUT2D eigenvalue weighted by molar-refractivity contribution is -0.116. The fraction of sp³-hybridized carbons (Fsp3) is 0.167. The number of para-hydroxylation sites is 1. The Morgan fingerprint density at radius 1 is 0.871 bits per heavy atom. The number of hydrogen-bond donors (Lipinski definition) is 1. The van der Waals surface area contributed by atoms with Crippen LogP contribution < -0.4 is 9.62 Å². The Bertz CT molecular complexity index is 1190. The maximum atomic E-state index is 13.0. The summed E-state index contributed by atoms with van der Waals surface area (Å²) in [6, 6.07) is 21.3. The van der Waals surface area contributed by atoms with Gasteiger partial charge in [0.25, 0.3) is 0 Å². The minimum Gasteiger partial charge on any atom is -0.324 e. The monoisotopic (exact) mass is 436 g/mol. The van der Waals surface area contributed by atoms with Gasteiger partial charge in [-0.05, 0) is 38.1 Å². The molecule has 0 aromatic heterocycles. The van der Waals surface area contributed by atoms with E-state index in [1.54, 1.807) is 72.8 Å². The van der Waals surface area contributed by atoms with Gasteiger partial charge in [0.05, 0.1) is 17.6 Å². The third kappa shape index (κ3) is 5.19. The van der Waals surface area contributed by atoms with Gasteiger partial charge in [-0.3, -0.25) is 13.9 Å². The first kappa shape index (κ1) is 22.2. The van der Waals surface area contributed by atoms with Crippen LogP contribution in [0.3, 0.4) is 0 Å². The van der Waals surface area contributed by atoms with Gasteiger partial charge in [0.2, 0.25) is 15.9 Å². The number of aryl methyl sites for hydroxylation is 1. The van der Waals surface area contributed by atoms with E-state index in [-0.39, 0.29) is 5.78 Å². The van der Waals surface area contributed by atoms with Gasteiger partial charge in [-0.25, -0.2) is 8.42 Å². The molecule has 1 unspecified atom stereocenters. The van der Waals surface area contributed by atoms with Gasteiger partial charge in [0.1, 0.15) is 6.04 Å². The molecule has 0 radical (unpaired) electrons. The molecule has 0 aliphatic carbocycles. The Hall–Kier alpha value is -3.45. The van der Waals surface area contributed by atoms with E-state index in [1.807, 2.05) is 13.0 Å². The van der Waals surface area contributed by atoms with Crippen LogP contribution in [-0.2, 0) is 14.8 Å². The predicted octanol–water partition coefficient (Wildman–Crippen LogP) is 4.02. The molecule has 0 aliphatic rings. The third-order valence-corrected chi connectivity index (χ3v) is 6.08. The molecule has 0 saturated carbocycles. The maximum Gasteiger partial charge on any atom is 0.248 e. The number of ketones is 1. The number of carbonyl (C=O) groups excluding carboxylic acids is 2. The molecule has 3 aromatic carbocycles. The molecule has 160 valence electrons. The molecule has 6 nitrogen and oxygen atoms in total. The standard InChI is InChI=1S/C24H24N2O4S/c1-17-13-15-20(16-14-17)26(31(3,29)30)18(2)24(28)25-22-12-8-7-11-21(22)23(27)19-9-5-4-6-10-19/h4-16,18H,1-3H3,(H,25,28). The Kier molecular flexibility index (Phi) is 6.56. The summed E-state index contributed by atoms with van der Waals surface area (Å²) in [5.74, 6) is -0.776. The van der Waals surface area contributed by atoms with Crippen LogP contribution in [0.1, 0.15) is 28.4 Å². The molecule has 0 aliphatic heterocycles. The van der Waals surface area contributed by atoms with Crippen molar-refractivity contribution in [2.75, 3.05) is 15.9 Å². The highest BCUT2D eigenvalue weighted by molar-refractivity contribution is 7.92. The van der Waals surface area contributed by atoms with Crippen LogP contribution in [0.4, 0.5) is 11.4 Å². The molecular formula is C24H24N2O4S. The summed E-state index contributed by atoms with van der Waals surface area (Å²) in [5.41, 5.74) is 2.52. The van der Waals surface area contributed by atoms with Gasteiger partial charge in [-0.2, -0.15) is 0 Å². The van der Waals surface area contributed by atoms with E-state index in [9.17, 15) is 18.0 Å². The van der Waals surface area contributed by atoms with Crippen molar-refractivity contribution in [2.24, 2.45) is 0 Å². The molecular weight excluding hydrogens is 412 g/mol. The molecule has 3 rings (SSSR count). The molecule has 1 atom stereocenters. The summed E-state index contributed by atoms with van der Waals surface area (Å²) in [5, 5.41) is 2.73. The van der Waals surface area contributed by atoms with Crippen molar-refractivity contribution in [3.63, 3.8) is 0 Å². The summed E-state index contributed by atoms with van der Waals surface area (Å²) in [4.78, 5) is 25.9. The van der Waals surface area contributed by atoms with Crippen LogP contribution in [0.25, 0.3) is 0 Å². The van der Waals surface area contributed by atoms with E-state index in [2.05, 4.69) is 5.32 Å².